The number of hydrogen-bond acceptors (Lipinski definition) is 6. The number of carbonyl (C=O) groups is 2. The fourth-order valence-electron chi connectivity index (χ4n) is 2.20. The molecular formula is C18H15N3O4S2. The minimum absolute atomic E-state index is 0.155. The Morgan fingerprint density at radius 2 is 1.96 bits per heavy atom. The standard InChI is InChI=1S/C18H15N3O4S2/c1-24-14-10-11(19-18(26)21-17(23)15-5-3-9-27-15)6-7-12(14)20-16(22)13-4-2-8-25-13/h2-10H,1H3,(H,20,22)(H2,19,21,23,26). The number of thiophene rings is 1. The van der Waals surface area contributed by atoms with Crippen LogP contribution in [0.5, 0.6) is 5.75 Å². The van der Waals surface area contributed by atoms with Crippen molar-refractivity contribution >= 4 is 51.9 Å². The number of carbonyl (C=O) groups excluding carboxylic acids is 2. The number of amides is 2. The molecule has 3 N–H and O–H groups in total. The van der Waals surface area contributed by atoms with E-state index in [0.717, 1.165) is 0 Å². The van der Waals surface area contributed by atoms with Crippen molar-refractivity contribution in [1.29, 1.82) is 0 Å². The fraction of sp³-hybridized carbons (Fsp3) is 0.0556. The molecule has 9 heteroatoms. The number of hydrogen-bond donors (Lipinski definition) is 3. The van der Waals surface area contributed by atoms with E-state index in [2.05, 4.69) is 16.0 Å². The van der Waals surface area contributed by atoms with Gasteiger partial charge in [0.2, 0.25) is 0 Å². The van der Waals surface area contributed by atoms with Crippen LogP contribution >= 0.6 is 23.6 Å². The molecule has 0 aliphatic heterocycles. The summed E-state index contributed by atoms with van der Waals surface area (Å²) in [6, 6.07) is 11.7. The summed E-state index contributed by atoms with van der Waals surface area (Å²) in [6.45, 7) is 0. The summed E-state index contributed by atoms with van der Waals surface area (Å²) in [5.41, 5.74) is 1.07. The Kier molecular flexibility index (Phi) is 5.84. The van der Waals surface area contributed by atoms with Crippen molar-refractivity contribution in [2.24, 2.45) is 0 Å². The maximum Gasteiger partial charge on any atom is 0.291 e. The van der Waals surface area contributed by atoms with Crippen molar-refractivity contribution in [3.05, 3.63) is 64.7 Å². The lowest BCUT2D eigenvalue weighted by Crippen LogP contribution is -2.33. The van der Waals surface area contributed by atoms with Crippen molar-refractivity contribution in [3.63, 3.8) is 0 Å². The lowest BCUT2D eigenvalue weighted by molar-refractivity contribution is 0.0978. The van der Waals surface area contributed by atoms with E-state index in [4.69, 9.17) is 21.4 Å². The van der Waals surface area contributed by atoms with E-state index in [0.29, 0.717) is 22.0 Å². The van der Waals surface area contributed by atoms with Crippen LogP contribution in [0.1, 0.15) is 20.2 Å². The van der Waals surface area contributed by atoms with Crippen molar-refractivity contribution in [1.82, 2.24) is 5.32 Å². The summed E-state index contributed by atoms with van der Waals surface area (Å²) in [4.78, 5) is 24.7. The molecule has 0 unspecified atom stereocenters. The third-order valence-electron chi connectivity index (χ3n) is 3.42. The minimum Gasteiger partial charge on any atom is -0.494 e. The van der Waals surface area contributed by atoms with E-state index < -0.39 is 5.91 Å². The van der Waals surface area contributed by atoms with E-state index in [1.54, 1.807) is 42.5 Å². The summed E-state index contributed by atoms with van der Waals surface area (Å²) in [7, 11) is 1.48. The lowest BCUT2D eigenvalue weighted by Gasteiger charge is -2.13. The van der Waals surface area contributed by atoms with Crippen molar-refractivity contribution < 1.29 is 18.7 Å². The normalized spacial score (nSPS) is 10.1. The molecule has 0 spiro atoms. The van der Waals surface area contributed by atoms with Crippen molar-refractivity contribution in [2.75, 3.05) is 17.7 Å². The van der Waals surface area contributed by atoms with E-state index in [9.17, 15) is 9.59 Å². The molecule has 3 rings (SSSR count). The highest BCUT2D eigenvalue weighted by Crippen LogP contribution is 2.28. The number of nitrogens with one attached hydrogen (secondary N) is 3. The van der Waals surface area contributed by atoms with Gasteiger partial charge in [-0.05, 0) is 47.9 Å². The zero-order valence-electron chi connectivity index (χ0n) is 14.1. The van der Waals surface area contributed by atoms with E-state index in [1.807, 2.05) is 5.38 Å². The highest BCUT2D eigenvalue weighted by Gasteiger charge is 2.13. The predicted molar refractivity (Wildman–Crippen MR) is 108 cm³/mol. The van der Waals surface area contributed by atoms with Crippen LogP contribution in [0.3, 0.4) is 0 Å². The molecule has 0 fully saturated rings. The van der Waals surface area contributed by atoms with Gasteiger partial charge in [0.05, 0.1) is 23.9 Å². The molecule has 0 atom stereocenters. The van der Waals surface area contributed by atoms with Gasteiger partial charge in [-0.25, -0.2) is 0 Å². The Morgan fingerprint density at radius 1 is 1.11 bits per heavy atom. The largest absolute Gasteiger partial charge is 0.494 e. The molecule has 27 heavy (non-hydrogen) atoms. The number of furan rings is 1. The molecule has 7 nitrogen and oxygen atoms in total. The summed E-state index contributed by atoms with van der Waals surface area (Å²) in [5, 5.41) is 10.2. The fourth-order valence-corrected chi connectivity index (χ4v) is 3.03. The Bertz CT molecular complexity index is 953. The summed E-state index contributed by atoms with van der Waals surface area (Å²) < 4.78 is 10.4. The van der Waals surface area contributed by atoms with E-state index >= 15 is 0 Å². The van der Waals surface area contributed by atoms with Crippen LogP contribution in [0, 0.1) is 0 Å². The zero-order valence-corrected chi connectivity index (χ0v) is 15.8. The smallest absolute Gasteiger partial charge is 0.291 e. The molecule has 2 amide bonds. The SMILES string of the molecule is COc1cc(NC(=S)NC(=O)c2cccs2)ccc1NC(=O)c1ccco1. The number of thiocarbonyl (C=S) groups is 1. The Balaban J connectivity index is 1.65. The maximum atomic E-state index is 12.1. The summed E-state index contributed by atoms with van der Waals surface area (Å²) in [6.07, 6.45) is 1.42. The second kappa shape index (κ2) is 8.47. The monoisotopic (exact) mass is 401 g/mol. The molecular weight excluding hydrogens is 386 g/mol. The van der Waals surface area contributed by atoms with Crippen LogP contribution in [-0.4, -0.2) is 24.0 Å². The van der Waals surface area contributed by atoms with Crippen molar-refractivity contribution in [3.8, 4) is 5.75 Å². The zero-order chi connectivity index (χ0) is 19.2. The number of rotatable bonds is 5. The molecule has 2 heterocycles. The Morgan fingerprint density at radius 3 is 2.63 bits per heavy atom. The Hall–Kier alpha value is -3.17. The van der Waals surface area contributed by atoms with Gasteiger partial charge < -0.3 is 19.8 Å². The quantitative estimate of drug-likeness (QED) is 0.564. The van der Waals surface area contributed by atoms with Crippen LogP contribution in [0.15, 0.2) is 58.5 Å². The third-order valence-corrected chi connectivity index (χ3v) is 4.50. The predicted octanol–water partition coefficient (Wildman–Crippen LogP) is 3.73. The first-order valence-corrected chi connectivity index (χ1v) is 9.04. The molecule has 2 aromatic heterocycles. The van der Waals surface area contributed by atoms with E-state index in [1.165, 1.54) is 24.7 Å². The van der Waals surface area contributed by atoms with Crippen LogP contribution in [0.2, 0.25) is 0 Å². The second-order valence-electron chi connectivity index (χ2n) is 5.23. The third kappa shape index (κ3) is 4.72. The van der Waals surface area contributed by atoms with Gasteiger partial charge in [-0.2, -0.15) is 0 Å². The second-order valence-corrected chi connectivity index (χ2v) is 6.59. The van der Waals surface area contributed by atoms with Crippen LogP contribution < -0.4 is 20.7 Å². The Labute approximate surface area is 164 Å². The van der Waals surface area contributed by atoms with Gasteiger partial charge in [0.15, 0.2) is 10.9 Å². The molecule has 0 bridgehead atoms. The molecule has 3 aromatic rings. The van der Waals surface area contributed by atoms with E-state index in [-0.39, 0.29) is 16.8 Å². The van der Waals surface area contributed by atoms with Gasteiger partial charge in [-0.1, -0.05) is 6.07 Å². The van der Waals surface area contributed by atoms with Gasteiger partial charge in [-0.15, -0.1) is 11.3 Å². The lowest BCUT2D eigenvalue weighted by atomic mass is 10.2. The molecule has 0 aliphatic rings. The number of ether oxygens (including phenoxy) is 1. The number of methoxy groups -OCH3 is 1. The van der Waals surface area contributed by atoms with Crippen LogP contribution in [0.4, 0.5) is 11.4 Å². The molecule has 0 aliphatic carbocycles. The highest BCUT2D eigenvalue weighted by atomic mass is 32.1. The first-order chi connectivity index (χ1) is 13.1. The van der Waals surface area contributed by atoms with Gasteiger partial charge in [0.25, 0.3) is 11.8 Å². The van der Waals surface area contributed by atoms with Crippen molar-refractivity contribution in [2.45, 2.75) is 0 Å². The minimum atomic E-state index is -0.391. The molecule has 1 aromatic carbocycles. The average Bonchev–Trinajstić information content (AvgIpc) is 3.36. The summed E-state index contributed by atoms with van der Waals surface area (Å²) in [5.74, 6) is -0.0569. The number of anilines is 2. The van der Waals surface area contributed by atoms with Gasteiger partial charge in [0.1, 0.15) is 5.75 Å². The topological polar surface area (TPSA) is 92.6 Å². The number of benzene rings is 1. The molecule has 0 saturated carbocycles. The van der Waals surface area contributed by atoms with Crippen LogP contribution in [-0.2, 0) is 0 Å². The van der Waals surface area contributed by atoms with Crippen LogP contribution in [0.25, 0.3) is 0 Å². The summed E-state index contributed by atoms with van der Waals surface area (Å²) >= 11 is 6.49. The van der Waals surface area contributed by atoms with Gasteiger partial charge >= 0.3 is 0 Å². The highest BCUT2D eigenvalue weighted by molar-refractivity contribution is 7.80. The first kappa shape index (κ1) is 18.6. The molecule has 0 saturated heterocycles. The molecule has 0 radical (unpaired) electrons. The molecule has 138 valence electrons. The average molecular weight is 401 g/mol. The maximum absolute atomic E-state index is 12.1. The first-order valence-electron chi connectivity index (χ1n) is 7.75. The van der Waals surface area contributed by atoms with Gasteiger partial charge in [0, 0.05) is 11.8 Å². The van der Waals surface area contributed by atoms with Gasteiger partial charge in [-0.3, -0.25) is 14.9 Å².